The number of Topliss-reactive ketones (excluding diaryl/α,β-unsaturated/α-hetero) is 1. The Morgan fingerprint density at radius 2 is 1.74 bits per heavy atom. The van der Waals surface area contributed by atoms with Crippen LogP contribution in [0.15, 0.2) is 48.0 Å². The Balaban J connectivity index is 1.51. The number of halogens is 4. The van der Waals surface area contributed by atoms with Crippen LogP contribution in [0.4, 0.5) is 5.69 Å². The van der Waals surface area contributed by atoms with E-state index in [2.05, 4.69) is 15.9 Å². The lowest BCUT2D eigenvalue weighted by Crippen LogP contribution is -2.60. The zero-order valence-corrected chi connectivity index (χ0v) is 26.6. The first kappa shape index (κ1) is 30.1. The minimum Gasteiger partial charge on any atom is -0.503 e. The third-order valence-corrected chi connectivity index (χ3v) is 11.4. The van der Waals surface area contributed by atoms with Gasteiger partial charge in [0.05, 0.1) is 35.1 Å². The van der Waals surface area contributed by atoms with Gasteiger partial charge in [-0.1, -0.05) is 39.2 Å². The molecule has 13 heteroatoms. The van der Waals surface area contributed by atoms with Crippen molar-refractivity contribution in [3.63, 3.8) is 0 Å². The number of likely N-dealkylation sites (tertiary alicyclic amines) is 1. The van der Waals surface area contributed by atoms with Crippen molar-refractivity contribution in [2.24, 2.45) is 17.8 Å². The quantitative estimate of drug-likeness (QED) is 0.149. The van der Waals surface area contributed by atoms with Crippen LogP contribution in [-0.2, 0) is 19.2 Å². The lowest BCUT2D eigenvalue weighted by Gasteiger charge is -2.50. The number of phenolic OH excluding ortho intramolecular Hbond substituents is 1. The highest BCUT2D eigenvalue weighted by molar-refractivity contribution is 9.09. The summed E-state index contributed by atoms with van der Waals surface area (Å²) >= 11 is 24.0. The first-order chi connectivity index (χ1) is 20.3. The van der Waals surface area contributed by atoms with Gasteiger partial charge < -0.3 is 9.84 Å². The fourth-order valence-electron chi connectivity index (χ4n) is 7.14. The normalized spacial score (nSPS) is 31.5. The Morgan fingerprint density at radius 3 is 2.35 bits per heavy atom. The molecule has 0 radical (unpaired) electrons. The van der Waals surface area contributed by atoms with E-state index in [0.29, 0.717) is 22.4 Å². The largest absolute Gasteiger partial charge is 0.503 e. The van der Waals surface area contributed by atoms with Crippen molar-refractivity contribution < 1.29 is 33.8 Å². The Labute approximate surface area is 269 Å². The van der Waals surface area contributed by atoms with Gasteiger partial charge in [-0.05, 0) is 67.6 Å². The van der Waals surface area contributed by atoms with Crippen LogP contribution in [0.25, 0.3) is 0 Å². The number of nitrogens with zero attached hydrogens (tertiary/aromatic N) is 2. The summed E-state index contributed by atoms with van der Waals surface area (Å²) in [6.45, 7) is 1.42. The smallest absolute Gasteiger partial charge is 0.254 e. The molecule has 224 valence electrons. The van der Waals surface area contributed by atoms with Crippen LogP contribution in [-0.4, -0.2) is 61.7 Å². The van der Waals surface area contributed by atoms with E-state index in [-0.39, 0.29) is 40.6 Å². The number of ketones is 1. The standard InChI is InChI=1S/C30H24BrCl3N2O7/c1-13(37)14-3-5-16(6-4-14)36-25(39)18-8-7-17-19(22(18)26(36)40)11-29(33)27(41)35(12-31)28(42)30(29,34)23(17)15-9-20(32)24(38)21(10-15)43-2/h3-7,9-10,18-19,22-23,38H,8,11-12H2,1-2H3. The molecule has 2 aliphatic heterocycles. The lowest BCUT2D eigenvalue weighted by atomic mass is 9.56. The number of aromatic hydroxyl groups is 1. The molecule has 2 aromatic rings. The van der Waals surface area contributed by atoms with Crippen molar-refractivity contribution >= 4 is 85.8 Å². The summed E-state index contributed by atoms with van der Waals surface area (Å²) in [5, 5.41) is 10.4. The monoisotopic (exact) mass is 708 g/mol. The molecule has 1 N–H and O–H groups in total. The number of hydrogen-bond acceptors (Lipinski definition) is 7. The fourth-order valence-corrected chi connectivity index (χ4v) is 8.79. The number of ether oxygens (including phenoxy) is 1. The molecule has 43 heavy (non-hydrogen) atoms. The minimum absolute atomic E-state index is 0.0146. The van der Waals surface area contributed by atoms with Gasteiger partial charge in [-0.2, -0.15) is 0 Å². The summed E-state index contributed by atoms with van der Waals surface area (Å²) in [5.74, 6) is -6.22. The molecular weight excluding hydrogens is 687 g/mol. The Morgan fingerprint density at radius 1 is 1.07 bits per heavy atom. The van der Waals surface area contributed by atoms with Crippen LogP contribution >= 0.6 is 50.7 Å². The summed E-state index contributed by atoms with van der Waals surface area (Å²) < 4.78 is 5.31. The van der Waals surface area contributed by atoms with E-state index in [1.807, 2.05) is 0 Å². The van der Waals surface area contributed by atoms with Gasteiger partial charge in [0.15, 0.2) is 27.0 Å². The number of anilines is 1. The third-order valence-electron chi connectivity index (χ3n) is 9.15. The van der Waals surface area contributed by atoms with Crippen molar-refractivity contribution in [1.82, 2.24) is 4.90 Å². The number of fused-ring (bicyclic) bond motifs is 4. The maximum absolute atomic E-state index is 14.1. The highest BCUT2D eigenvalue weighted by atomic mass is 79.9. The predicted molar refractivity (Wildman–Crippen MR) is 162 cm³/mol. The van der Waals surface area contributed by atoms with E-state index in [1.54, 1.807) is 30.3 Å². The Bertz CT molecular complexity index is 1660. The van der Waals surface area contributed by atoms with Gasteiger partial charge in [0.2, 0.25) is 11.8 Å². The number of hydrogen-bond donors (Lipinski definition) is 1. The number of carbonyl (C=O) groups excluding carboxylic acids is 5. The molecule has 0 spiro atoms. The molecule has 1 saturated carbocycles. The van der Waals surface area contributed by atoms with Crippen LogP contribution in [0.1, 0.15) is 41.6 Å². The van der Waals surface area contributed by atoms with Crippen molar-refractivity contribution in [2.45, 2.75) is 35.4 Å². The second-order valence-corrected chi connectivity index (χ2v) is 13.3. The molecule has 0 bridgehead atoms. The zero-order chi connectivity index (χ0) is 31.2. The van der Waals surface area contributed by atoms with Crippen molar-refractivity contribution in [3.05, 3.63) is 64.2 Å². The second kappa shape index (κ2) is 10.3. The summed E-state index contributed by atoms with van der Waals surface area (Å²) in [6, 6.07) is 9.10. The van der Waals surface area contributed by atoms with Crippen LogP contribution in [0.2, 0.25) is 5.02 Å². The molecule has 4 amide bonds. The molecule has 0 aromatic heterocycles. The summed E-state index contributed by atoms with van der Waals surface area (Å²) in [6.07, 6.45) is 1.80. The number of imide groups is 2. The number of rotatable bonds is 5. The number of carbonyl (C=O) groups is 5. The molecule has 2 heterocycles. The average molecular weight is 711 g/mol. The van der Waals surface area contributed by atoms with Crippen molar-refractivity contribution in [1.29, 1.82) is 0 Å². The maximum atomic E-state index is 14.1. The SMILES string of the molecule is COc1cc(C2C3=CCC4C(=O)N(c5ccc(C(C)=O)cc5)C(=O)C4C3CC3(Cl)C(=O)N(CBr)C(=O)C23Cl)cc(Cl)c1O. The molecule has 2 aromatic carbocycles. The number of methoxy groups -OCH3 is 1. The highest BCUT2D eigenvalue weighted by Crippen LogP contribution is 2.66. The van der Waals surface area contributed by atoms with Gasteiger partial charge in [-0.25, -0.2) is 0 Å². The van der Waals surface area contributed by atoms with Gasteiger partial charge >= 0.3 is 0 Å². The van der Waals surface area contributed by atoms with Gasteiger partial charge in [0.25, 0.3) is 11.8 Å². The van der Waals surface area contributed by atoms with Crippen LogP contribution in [0.3, 0.4) is 0 Å². The molecular formula is C30H24BrCl3N2O7. The maximum Gasteiger partial charge on any atom is 0.254 e. The number of allylic oxidation sites excluding steroid dienone is 2. The average Bonchev–Trinajstić information content (AvgIpc) is 3.32. The molecule has 4 aliphatic rings. The van der Waals surface area contributed by atoms with Crippen molar-refractivity contribution in [2.75, 3.05) is 17.5 Å². The van der Waals surface area contributed by atoms with Gasteiger partial charge in [0.1, 0.15) is 0 Å². The Hall–Kier alpha value is -2.92. The molecule has 6 atom stereocenters. The number of phenols is 1. The van der Waals surface area contributed by atoms with Gasteiger partial charge in [-0.3, -0.25) is 33.8 Å². The summed E-state index contributed by atoms with van der Waals surface area (Å²) in [4.78, 5) is 65.3. The third kappa shape index (κ3) is 3.99. The van der Waals surface area contributed by atoms with Crippen LogP contribution < -0.4 is 9.64 Å². The van der Waals surface area contributed by atoms with Gasteiger partial charge in [0, 0.05) is 11.5 Å². The van der Waals surface area contributed by atoms with E-state index in [9.17, 15) is 29.1 Å². The molecule has 9 nitrogen and oxygen atoms in total. The van der Waals surface area contributed by atoms with Crippen molar-refractivity contribution in [3.8, 4) is 11.5 Å². The van der Waals surface area contributed by atoms with E-state index >= 15 is 0 Å². The second-order valence-electron chi connectivity index (χ2n) is 11.2. The van der Waals surface area contributed by atoms with E-state index in [4.69, 9.17) is 39.5 Å². The number of amides is 4. The molecule has 6 unspecified atom stereocenters. The molecule has 3 fully saturated rings. The Kier molecular flexibility index (Phi) is 7.23. The molecule has 6 rings (SSSR count). The first-order valence-electron chi connectivity index (χ1n) is 13.4. The molecule has 2 aliphatic carbocycles. The summed E-state index contributed by atoms with van der Waals surface area (Å²) in [5.41, 5.74) is 1.52. The predicted octanol–water partition coefficient (Wildman–Crippen LogP) is 5.17. The number of benzene rings is 2. The topological polar surface area (TPSA) is 121 Å². The first-order valence-corrected chi connectivity index (χ1v) is 15.6. The van der Waals surface area contributed by atoms with Crippen LogP contribution in [0, 0.1) is 17.8 Å². The molecule has 2 saturated heterocycles. The van der Waals surface area contributed by atoms with Gasteiger partial charge in [-0.15, -0.1) is 23.2 Å². The zero-order valence-electron chi connectivity index (χ0n) is 22.8. The summed E-state index contributed by atoms with van der Waals surface area (Å²) in [7, 11) is 1.34. The van der Waals surface area contributed by atoms with E-state index in [0.717, 1.165) is 9.80 Å². The van der Waals surface area contributed by atoms with E-state index < -0.39 is 57.0 Å². The lowest BCUT2D eigenvalue weighted by molar-refractivity contribution is -0.138. The van der Waals surface area contributed by atoms with Crippen LogP contribution in [0.5, 0.6) is 11.5 Å². The highest BCUT2D eigenvalue weighted by Gasteiger charge is 2.76. The number of alkyl halides is 3. The fraction of sp³-hybridized carbons (Fsp3) is 0.367. The van der Waals surface area contributed by atoms with E-state index in [1.165, 1.54) is 26.2 Å². The minimum atomic E-state index is -2.02.